The van der Waals surface area contributed by atoms with E-state index in [1.54, 1.807) is 42.5 Å². The van der Waals surface area contributed by atoms with Crippen molar-refractivity contribution < 1.29 is 18.7 Å². The summed E-state index contributed by atoms with van der Waals surface area (Å²) in [6.07, 6.45) is 1.69. The first-order chi connectivity index (χ1) is 18.6. The molecule has 0 aliphatic rings. The number of aromatic nitrogens is 3. The van der Waals surface area contributed by atoms with Crippen molar-refractivity contribution in [3.8, 4) is 0 Å². The van der Waals surface area contributed by atoms with Gasteiger partial charge in [-0.1, -0.05) is 24.3 Å². The molecular weight excluding hydrogens is 491 g/mol. The molecule has 0 saturated carbocycles. The molecule has 0 saturated heterocycles. The average Bonchev–Trinajstić information content (AvgIpc) is 2.93. The van der Waals surface area contributed by atoms with E-state index in [4.69, 9.17) is 15.2 Å². The van der Waals surface area contributed by atoms with Crippen LogP contribution in [0.3, 0.4) is 0 Å². The Bertz CT molecular complexity index is 1160. The maximum absolute atomic E-state index is 13.2. The predicted molar refractivity (Wildman–Crippen MR) is 145 cm³/mol. The molecule has 11 nitrogen and oxygen atoms in total. The number of benzene rings is 2. The topological polar surface area (TPSA) is 148 Å². The molecule has 38 heavy (non-hydrogen) atoms. The highest BCUT2D eigenvalue weighted by molar-refractivity contribution is 5.95. The monoisotopic (exact) mass is 524 g/mol. The lowest BCUT2D eigenvalue weighted by Crippen LogP contribution is -2.27. The third-order valence-electron chi connectivity index (χ3n) is 4.95. The van der Waals surface area contributed by atoms with Crippen LogP contribution < -0.4 is 27.0 Å². The largest absolute Gasteiger partial charge is 0.378 e. The first-order valence-electron chi connectivity index (χ1n) is 12.2. The van der Waals surface area contributed by atoms with Crippen molar-refractivity contribution in [2.75, 3.05) is 62.0 Å². The first kappa shape index (κ1) is 28.4. The third-order valence-corrected chi connectivity index (χ3v) is 4.95. The summed E-state index contributed by atoms with van der Waals surface area (Å²) in [7, 11) is 0. The summed E-state index contributed by atoms with van der Waals surface area (Å²) in [6, 6.07) is 13.1. The molecule has 12 heteroatoms. The fourth-order valence-electron chi connectivity index (χ4n) is 3.15. The van der Waals surface area contributed by atoms with E-state index in [9.17, 15) is 9.18 Å². The van der Waals surface area contributed by atoms with Crippen molar-refractivity contribution in [2.24, 2.45) is 5.73 Å². The molecule has 0 spiro atoms. The van der Waals surface area contributed by atoms with Crippen LogP contribution in [0.25, 0.3) is 0 Å². The summed E-state index contributed by atoms with van der Waals surface area (Å²) < 4.78 is 23.8. The molecule has 0 aliphatic carbocycles. The van der Waals surface area contributed by atoms with E-state index in [1.165, 1.54) is 12.1 Å². The molecule has 6 N–H and O–H groups in total. The molecule has 3 aromatic rings. The molecule has 1 heterocycles. The fraction of sp³-hybridized carbons (Fsp3) is 0.308. The second-order valence-electron chi connectivity index (χ2n) is 7.93. The van der Waals surface area contributed by atoms with Crippen molar-refractivity contribution >= 4 is 29.4 Å². The summed E-state index contributed by atoms with van der Waals surface area (Å²) in [5.41, 5.74) is 7.31. The third kappa shape index (κ3) is 10.1. The molecule has 0 unspecified atom stereocenters. The van der Waals surface area contributed by atoms with Gasteiger partial charge in [0.1, 0.15) is 5.82 Å². The number of hydrogen-bond donors (Lipinski definition) is 5. The van der Waals surface area contributed by atoms with Crippen molar-refractivity contribution in [3.63, 3.8) is 0 Å². The highest BCUT2D eigenvalue weighted by Gasteiger charge is 2.10. The lowest BCUT2D eigenvalue weighted by molar-refractivity contribution is 0.0511. The quantitative estimate of drug-likeness (QED) is 0.132. The number of rotatable bonds is 17. The Morgan fingerprint density at radius 2 is 1.66 bits per heavy atom. The van der Waals surface area contributed by atoms with Crippen LogP contribution in [-0.2, 0) is 16.0 Å². The van der Waals surface area contributed by atoms with Gasteiger partial charge in [0.05, 0.1) is 26.4 Å². The molecule has 1 amide bonds. The van der Waals surface area contributed by atoms with E-state index >= 15 is 0 Å². The Labute approximate surface area is 221 Å². The number of nitrogens with zero attached hydrogens (tertiary/aromatic N) is 3. The number of amides is 1. The van der Waals surface area contributed by atoms with Crippen LogP contribution >= 0.6 is 0 Å². The van der Waals surface area contributed by atoms with Gasteiger partial charge in [0, 0.05) is 37.4 Å². The number of carbonyl (C=O) groups excluding carboxylic acids is 1. The zero-order chi connectivity index (χ0) is 27.0. The number of carbonyl (C=O) groups is 1. The minimum absolute atomic E-state index is 0.234. The summed E-state index contributed by atoms with van der Waals surface area (Å²) >= 11 is 0. The van der Waals surface area contributed by atoms with Crippen molar-refractivity contribution in [1.82, 2.24) is 20.3 Å². The summed E-state index contributed by atoms with van der Waals surface area (Å²) in [6.45, 7) is 7.15. The summed E-state index contributed by atoms with van der Waals surface area (Å²) in [5, 5.41) is 12.1. The SMILES string of the molecule is C=CCNc1nc(NCc2ccc(F)cc2)nc(Nc2cccc(C(=O)NCCOCCOCCN)c2)n1. The Hall–Kier alpha value is -4.13. The number of hydrogen-bond acceptors (Lipinski definition) is 10. The molecule has 0 atom stereocenters. The van der Waals surface area contributed by atoms with Crippen LogP contribution in [0.1, 0.15) is 15.9 Å². The van der Waals surface area contributed by atoms with Gasteiger partial charge in [-0.25, -0.2) is 4.39 Å². The first-order valence-corrected chi connectivity index (χ1v) is 12.2. The molecule has 202 valence electrons. The zero-order valence-corrected chi connectivity index (χ0v) is 21.1. The van der Waals surface area contributed by atoms with Gasteiger partial charge < -0.3 is 36.5 Å². The minimum Gasteiger partial charge on any atom is -0.378 e. The van der Waals surface area contributed by atoms with Gasteiger partial charge in [-0.15, -0.1) is 6.58 Å². The Balaban J connectivity index is 1.59. The van der Waals surface area contributed by atoms with E-state index in [1.807, 2.05) is 0 Å². The molecule has 3 rings (SSSR count). The van der Waals surface area contributed by atoms with Crippen LogP contribution in [-0.4, -0.2) is 66.9 Å². The molecule has 1 aromatic heterocycles. The van der Waals surface area contributed by atoms with Gasteiger partial charge in [-0.05, 0) is 35.9 Å². The van der Waals surface area contributed by atoms with E-state index in [2.05, 4.69) is 42.8 Å². The summed E-state index contributed by atoms with van der Waals surface area (Å²) in [5.74, 6) is 0.398. The Kier molecular flexibility index (Phi) is 11.9. The van der Waals surface area contributed by atoms with Crippen LogP contribution in [0.5, 0.6) is 0 Å². The number of halogens is 1. The van der Waals surface area contributed by atoms with Gasteiger partial charge in [0.15, 0.2) is 0 Å². The standard InChI is InChI=1S/C26H33FN8O3/c1-2-11-30-24-33-25(31-18-19-6-8-21(27)9-7-19)35-26(34-24)32-22-5-3-4-20(17-22)23(36)29-12-14-38-16-15-37-13-10-28/h2-9,17H,1,10-16,18,28H2,(H,29,36)(H3,30,31,32,33,34,35). The average molecular weight is 525 g/mol. The predicted octanol–water partition coefficient (Wildman–Crippen LogP) is 2.69. The molecule has 2 aromatic carbocycles. The van der Waals surface area contributed by atoms with Crippen molar-refractivity contribution in [3.05, 3.63) is 78.1 Å². The molecule has 0 aliphatic heterocycles. The van der Waals surface area contributed by atoms with E-state index in [0.29, 0.717) is 75.8 Å². The van der Waals surface area contributed by atoms with Gasteiger partial charge in [0.2, 0.25) is 17.8 Å². The van der Waals surface area contributed by atoms with Crippen LogP contribution in [0, 0.1) is 5.82 Å². The lowest BCUT2D eigenvalue weighted by Gasteiger charge is -2.12. The maximum Gasteiger partial charge on any atom is 0.251 e. The number of nitrogens with one attached hydrogen (secondary N) is 4. The van der Waals surface area contributed by atoms with Gasteiger partial charge >= 0.3 is 0 Å². The highest BCUT2D eigenvalue weighted by atomic mass is 19.1. The molecular formula is C26H33FN8O3. The van der Waals surface area contributed by atoms with Gasteiger partial charge in [-0.3, -0.25) is 4.79 Å². The maximum atomic E-state index is 13.2. The Morgan fingerprint density at radius 3 is 2.39 bits per heavy atom. The summed E-state index contributed by atoms with van der Waals surface area (Å²) in [4.78, 5) is 25.7. The lowest BCUT2D eigenvalue weighted by atomic mass is 10.2. The van der Waals surface area contributed by atoms with Crippen LogP contribution in [0.15, 0.2) is 61.2 Å². The molecule has 0 radical (unpaired) electrons. The van der Waals surface area contributed by atoms with Crippen LogP contribution in [0.2, 0.25) is 0 Å². The van der Waals surface area contributed by atoms with E-state index < -0.39 is 0 Å². The Morgan fingerprint density at radius 1 is 0.947 bits per heavy atom. The highest BCUT2D eigenvalue weighted by Crippen LogP contribution is 2.18. The van der Waals surface area contributed by atoms with Gasteiger partial charge in [0.25, 0.3) is 5.91 Å². The van der Waals surface area contributed by atoms with Crippen molar-refractivity contribution in [2.45, 2.75) is 6.54 Å². The fourth-order valence-corrected chi connectivity index (χ4v) is 3.15. The zero-order valence-electron chi connectivity index (χ0n) is 21.1. The second kappa shape index (κ2) is 15.9. The number of ether oxygens (including phenoxy) is 2. The second-order valence-corrected chi connectivity index (χ2v) is 7.93. The normalized spacial score (nSPS) is 10.6. The van der Waals surface area contributed by atoms with Crippen molar-refractivity contribution in [1.29, 1.82) is 0 Å². The van der Waals surface area contributed by atoms with Crippen LogP contribution in [0.4, 0.5) is 27.9 Å². The number of nitrogens with two attached hydrogens (primary N) is 1. The minimum atomic E-state index is -0.301. The smallest absolute Gasteiger partial charge is 0.251 e. The van der Waals surface area contributed by atoms with E-state index in [0.717, 1.165) is 5.56 Å². The molecule has 0 bridgehead atoms. The van der Waals surface area contributed by atoms with E-state index in [-0.39, 0.29) is 17.7 Å². The number of anilines is 4. The molecule has 0 fully saturated rings. The van der Waals surface area contributed by atoms with Gasteiger partial charge in [-0.2, -0.15) is 15.0 Å².